The van der Waals surface area contributed by atoms with Gasteiger partial charge in [-0.25, -0.2) is 4.98 Å². The summed E-state index contributed by atoms with van der Waals surface area (Å²) in [5, 5.41) is 0. The summed E-state index contributed by atoms with van der Waals surface area (Å²) in [6.07, 6.45) is 0. The van der Waals surface area contributed by atoms with Gasteiger partial charge in [0.25, 0.3) is 0 Å². The van der Waals surface area contributed by atoms with Gasteiger partial charge < -0.3 is 10.3 Å². The SMILES string of the molecule is Cc1cc2nc(C(C(C)C)N(C)C)n(CCN)c2cc1C. The summed E-state index contributed by atoms with van der Waals surface area (Å²) in [5.41, 5.74) is 10.7. The second-order valence-corrected chi connectivity index (χ2v) is 6.49. The fourth-order valence-electron chi connectivity index (χ4n) is 3.11. The molecule has 0 aliphatic carbocycles. The third-order valence-electron chi connectivity index (χ3n) is 4.20. The number of nitrogens with two attached hydrogens (primary N) is 1. The Bertz CT molecular complexity index is 617. The standard InChI is InChI=1S/C17H28N4/c1-11(2)16(20(5)6)17-19-14-9-12(3)13(4)10-15(14)21(17)8-7-18/h9-11,16H,7-8,18H2,1-6H3. The van der Waals surface area contributed by atoms with E-state index in [1.165, 1.54) is 16.6 Å². The van der Waals surface area contributed by atoms with Crippen LogP contribution in [0, 0.1) is 19.8 Å². The van der Waals surface area contributed by atoms with Crippen LogP contribution in [0.5, 0.6) is 0 Å². The van der Waals surface area contributed by atoms with Gasteiger partial charge in [0.05, 0.1) is 17.1 Å². The van der Waals surface area contributed by atoms with Crippen molar-refractivity contribution in [2.45, 2.75) is 40.3 Å². The van der Waals surface area contributed by atoms with Crippen molar-refractivity contribution in [1.29, 1.82) is 0 Å². The average molecular weight is 288 g/mol. The monoisotopic (exact) mass is 288 g/mol. The van der Waals surface area contributed by atoms with E-state index in [-0.39, 0.29) is 0 Å². The fourth-order valence-corrected chi connectivity index (χ4v) is 3.11. The van der Waals surface area contributed by atoms with Crippen molar-refractivity contribution in [3.8, 4) is 0 Å². The van der Waals surface area contributed by atoms with Gasteiger partial charge in [0.1, 0.15) is 5.82 Å². The molecule has 0 aliphatic heterocycles. The lowest BCUT2D eigenvalue weighted by Gasteiger charge is -2.28. The molecule has 116 valence electrons. The zero-order valence-electron chi connectivity index (χ0n) is 14.1. The Balaban J connectivity index is 2.69. The van der Waals surface area contributed by atoms with E-state index in [2.05, 4.69) is 63.4 Å². The third-order valence-corrected chi connectivity index (χ3v) is 4.20. The first kappa shape index (κ1) is 16.0. The highest BCUT2D eigenvalue weighted by atomic mass is 15.2. The maximum absolute atomic E-state index is 5.84. The van der Waals surface area contributed by atoms with E-state index in [9.17, 15) is 0 Å². The normalized spacial score (nSPS) is 13.6. The molecule has 1 unspecified atom stereocenters. The van der Waals surface area contributed by atoms with Crippen LogP contribution in [-0.2, 0) is 6.54 Å². The first-order chi connectivity index (χ1) is 9.86. The molecule has 1 aromatic carbocycles. The summed E-state index contributed by atoms with van der Waals surface area (Å²) in [6, 6.07) is 4.72. The maximum atomic E-state index is 5.84. The number of nitrogens with zero attached hydrogens (tertiary/aromatic N) is 3. The molecule has 0 saturated heterocycles. The van der Waals surface area contributed by atoms with Gasteiger partial charge in [-0.1, -0.05) is 13.8 Å². The largest absolute Gasteiger partial charge is 0.329 e. The van der Waals surface area contributed by atoms with Crippen molar-refractivity contribution in [3.05, 3.63) is 29.1 Å². The van der Waals surface area contributed by atoms with E-state index in [1.54, 1.807) is 0 Å². The van der Waals surface area contributed by atoms with E-state index in [0.717, 1.165) is 17.9 Å². The molecule has 4 nitrogen and oxygen atoms in total. The van der Waals surface area contributed by atoms with Crippen molar-refractivity contribution < 1.29 is 0 Å². The number of hydrogen-bond acceptors (Lipinski definition) is 3. The summed E-state index contributed by atoms with van der Waals surface area (Å²) < 4.78 is 2.30. The summed E-state index contributed by atoms with van der Waals surface area (Å²) in [4.78, 5) is 7.19. The van der Waals surface area contributed by atoms with Crippen LogP contribution in [0.1, 0.15) is 36.8 Å². The minimum Gasteiger partial charge on any atom is -0.329 e. The number of hydrogen-bond donors (Lipinski definition) is 1. The van der Waals surface area contributed by atoms with E-state index in [4.69, 9.17) is 10.7 Å². The quantitative estimate of drug-likeness (QED) is 0.920. The van der Waals surface area contributed by atoms with Crippen molar-refractivity contribution in [3.63, 3.8) is 0 Å². The van der Waals surface area contributed by atoms with Gasteiger partial charge in [0.2, 0.25) is 0 Å². The van der Waals surface area contributed by atoms with Crippen molar-refractivity contribution in [2.75, 3.05) is 20.6 Å². The smallest absolute Gasteiger partial charge is 0.127 e. The van der Waals surface area contributed by atoms with Gasteiger partial charge in [0.15, 0.2) is 0 Å². The summed E-state index contributed by atoms with van der Waals surface area (Å²) in [6.45, 7) is 10.2. The van der Waals surface area contributed by atoms with E-state index >= 15 is 0 Å². The first-order valence-corrected chi connectivity index (χ1v) is 7.70. The zero-order valence-corrected chi connectivity index (χ0v) is 14.1. The van der Waals surface area contributed by atoms with E-state index in [0.29, 0.717) is 18.5 Å². The Morgan fingerprint density at radius 1 is 1.19 bits per heavy atom. The molecule has 0 radical (unpaired) electrons. The summed E-state index contributed by atoms with van der Waals surface area (Å²) in [5.74, 6) is 1.62. The molecule has 0 spiro atoms. The Labute approximate surface area is 128 Å². The van der Waals surface area contributed by atoms with Crippen LogP contribution in [0.15, 0.2) is 12.1 Å². The van der Waals surface area contributed by atoms with Gasteiger partial charge in [-0.15, -0.1) is 0 Å². The van der Waals surface area contributed by atoms with Crippen LogP contribution in [-0.4, -0.2) is 35.1 Å². The van der Waals surface area contributed by atoms with Crippen LogP contribution in [0.4, 0.5) is 0 Å². The van der Waals surface area contributed by atoms with Crippen molar-refractivity contribution in [1.82, 2.24) is 14.5 Å². The van der Waals surface area contributed by atoms with Gasteiger partial charge in [0, 0.05) is 13.1 Å². The van der Waals surface area contributed by atoms with Gasteiger partial charge in [-0.3, -0.25) is 4.90 Å². The third kappa shape index (κ3) is 2.97. The van der Waals surface area contributed by atoms with Gasteiger partial charge in [-0.2, -0.15) is 0 Å². The lowest BCUT2D eigenvalue weighted by atomic mass is 10.0. The van der Waals surface area contributed by atoms with Crippen LogP contribution in [0.25, 0.3) is 11.0 Å². The number of rotatable bonds is 5. The van der Waals surface area contributed by atoms with E-state index in [1.807, 2.05) is 0 Å². The Morgan fingerprint density at radius 2 is 1.81 bits per heavy atom. The highest BCUT2D eigenvalue weighted by Crippen LogP contribution is 2.30. The molecule has 0 fully saturated rings. The zero-order chi connectivity index (χ0) is 15.7. The molecule has 0 saturated carbocycles. The second kappa shape index (κ2) is 6.16. The van der Waals surface area contributed by atoms with Gasteiger partial charge in [-0.05, 0) is 57.1 Å². The molecule has 0 aliphatic rings. The molecular weight excluding hydrogens is 260 g/mol. The Morgan fingerprint density at radius 3 is 2.33 bits per heavy atom. The van der Waals surface area contributed by atoms with Crippen LogP contribution < -0.4 is 5.73 Å². The number of aryl methyl sites for hydroxylation is 2. The van der Waals surface area contributed by atoms with Gasteiger partial charge >= 0.3 is 0 Å². The van der Waals surface area contributed by atoms with Crippen LogP contribution in [0.2, 0.25) is 0 Å². The predicted molar refractivity (Wildman–Crippen MR) is 89.5 cm³/mol. The Kier molecular flexibility index (Phi) is 4.69. The molecular formula is C17H28N4. The lowest BCUT2D eigenvalue weighted by molar-refractivity contribution is 0.219. The molecule has 1 aromatic heterocycles. The fraction of sp³-hybridized carbons (Fsp3) is 0.588. The molecule has 2 aromatic rings. The molecule has 21 heavy (non-hydrogen) atoms. The number of aromatic nitrogens is 2. The molecule has 0 amide bonds. The predicted octanol–water partition coefficient (Wildman–Crippen LogP) is 2.87. The summed E-state index contributed by atoms with van der Waals surface area (Å²) >= 11 is 0. The lowest BCUT2D eigenvalue weighted by Crippen LogP contribution is -2.28. The molecule has 4 heteroatoms. The van der Waals surface area contributed by atoms with Crippen molar-refractivity contribution in [2.24, 2.45) is 11.7 Å². The number of imidazole rings is 1. The molecule has 1 heterocycles. The molecule has 2 rings (SSSR count). The molecule has 0 bridgehead atoms. The topological polar surface area (TPSA) is 47.1 Å². The van der Waals surface area contributed by atoms with Crippen LogP contribution >= 0.6 is 0 Å². The number of benzene rings is 1. The maximum Gasteiger partial charge on any atom is 0.127 e. The highest BCUT2D eigenvalue weighted by Gasteiger charge is 2.25. The van der Waals surface area contributed by atoms with Crippen molar-refractivity contribution >= 4 is 11.0 Å². The second-order valence-electron chi connectivity index (χ2n) is 6.49. The first-order valence-electron chi connectivity index (χ1n) is 7.70. The Hall–Kier alpha value is -1.39. The average Bonchev–Trinajstić information content (AvgIpc) is 2.68. The molecule has 1 atom stereocenters. The highest BCUT2D eigenvalue weighted by molar-refractivity contribution is 5.78. The van der Waals surface area contributed by atoms with Crippen LogP contribution in [0.3, 0.4) is 0 Å². The van der Waals surface area contributed by atoms with E-state index < -0.39 is 0 Å². The molecule has 2 N–H and O–H groups in total. The summed E-state index contributed by atoms with van der Waals surface area (Å²) in [7, 11) is 4.24. The minimum absolute atomic E-state index is 0.296. The minimum atomic E-state index is 0.296. The number of fused-ring (bicyclic) bond motifs is 1.